The number of nitrogens with zero attached hydrogens (tertiary/aromatic N) is 1. The molecule has 0 saturated carbocycles. The van der Waals surface area contributed by atoms with Gasteiger partial charge < -0.3 is 9.47 Å². The van der Waals surface area contributed by atoms with E-state index in [0.717, 1.165) is 61.3 Å². The summed E-state index contributed by atoms with van der Waals surface area (Å²) in [5.74, 6) is 0.294. The van der Waals surface area contributed by atoms with Gasteiger partial charge >= 0.3 is 12.1 Å². The topological polar surface area (TPSA) is 38.8 Å². The summed E-state index contributed by atoms with van der Waals surface area (Å²) in [4.78, 5) is 13.9. The van der Waals surface area contributed by atoms with Crippen molar-refractivity contribution in [3.05, 3.63) is 89.0 Å². The Hall–Kier alpha value is -3.32. The Kier molecular flexibility index (Phi) is 7.76. The van der Waals surface area contributed by atoms with Crippen LogP contribution in [0.3, 0.4) is 0 Å². The van der Waals surface area contributed by atoms with E-state index in [1.807, 2.05) is 36.4 Å². The van der Waals surface area contributed by atoms with Crippen molar-refractivity contribution in [2.24, 2.45) is 0 Å². The highest BCUT2D eigenvalue weighted by atomic mass is 19.4. The summed E-state index contributed by atoms with van der Waals surface area (Å²) < 4.78 is 48.9. The molecule has 1 heterocycles. The molecule has 1 aliphatic heterocycles. The van der Waals surface area contributed by atoms with Crippen LogP contribution in [0.5, 0.6) is 5.75 Å². The highest BCUT2D eigenvalue weighted by Gasteiger charge is 2.30. The zero-order valence-electron chi connectivity index (χ0n) is 19.6. The number of hydrogen-bond donors (Lipinski definition) is 0. The molecule has 0 fully saturated rings. The average molecular weight is 484 g/mol. The second-order valence-electron chi connectivity index (χ2n) is 8.57. The van der Waals surface area contributed by atoms with Gasteiger partial charge in [-0.25, -0.2) is 4.79 Å². The van der Waals surface area contributed by atoms with Crippen molar-refractivity contribution >= 4 is 5.97 Å². The third kappa shape index (κ3) is 6.63. The Balaban J connectivity index is 1.34. The highest BCUT2D eigenvalue weighted by molar-refractivity contribution is 5.71. The molecule has 35 heavy (non-hydrogen) atoms. The Morgan fingerprint density at radius 3 is 2.14 bits per heavy atom. The zero-order valence-corrected chi connectivity index (χ0v) is 19.6. The molecule has 3 aromatic carbocycles. The smallest absolute Gasteiger partial charge is 0.416 e. The molecule has 1 aliphatic rings. The van der Waals surface area contributed by atoms with Crippen molar-refractivity contribution in [1.82, 2.24) is 4.90 Å². The van der Waals surface area contributed by atoms with Crippen LogP contribution < -0.4 is 4.74 Å². The fourth-order valence-electron chi connectivity index (χ4n) is 4.25. The number of ether oxygens (including phenoxy) is 2. The summed E-state index contributed by atoms with van der Waals surface area (Å²) in [5, 5.41) is 0. The van der Waals surface area contributed by atoms with E-state index in [9.17, 15) is 18.0 Å². The molecule has 0 spiro atoms. The Morgan fingerprint density at radius 2 is 1.51 bits per heavy atom. The minimum absolute atomic E-state index is 0.0960. The number of carbonyl (C=O) groups excluding carboxylic acids is 1. The molecule has 0 saturated heterocycles. The van der Waals surface area contributed by atoms with Crippen LogP contribution in [0.1, 0.15) is 29.2 Å². The maximum Gasteiger partial charge on any atom is 0.416 e. The number of alkyl halides is 3. The van der Waals surface area contributed by atoms with Gasteiger partial charge in [0.25, 0.3) is 0 Å². The van der Waals surface area contributed by atoms with E-state index >= 15 is 0 Å². The number of carbonyl (C=O) groups is 1. The first-order valence-electron chi connectivity index (χ1n) is 11.7. The van der Waals surface area contributed by atoms with Crippen molar-refractivity contribution in [3.63, 3.8) is 0 Å². The molecule has 0 atom stereocenters. The van der Waals surface area contributed by atoms with Crippen molar-refractivity contribution in [3.8, 4) is 16.9 Å². The number of halogens is 3. The van der Waals surface area contributed by atoms with E-state index in [2.05, 4.69) is 11.0 Å². The first-order valence-corrected chi connectivity index (χ1v) is 11.7. The Morgan fingerprint density at radius 1 is 0.886 bits per heavy atom. The van der Waals surface area contributed by atoms with Gasteiger partial charge in [0.1, 0.15) is 5.75 Å². The summed E-state index contributed by atoms with van der Waals surface area (Å²) in [6, 6.07) is 19.2. The minimum atomic E-state index is -4.33. The predicted octanol–water partition coefficient (Wildman–Crippen LogP) is 5.92. The number of esters is 1. The lowest BCUT2D eigenvalue weighted by molar-refractivity contribution is -0.145. The van der Waals surface area contributed by atoms with Crippen LogP contribution in [0, 0.1) is 0 Å². The van der Waals surface area contributed by atoms with Crippen molar-refractivity contribution < 1.29 is 27.4 Å². The molecule has 0 aliphatic carbocycles. The normalized spacial score (nSPS) is 14.2. The fraction of sp³-hybridized carbons (Fsp3) is 0.321. The van der Waals surface area contributed by atoms with Gasteiger partial charge in [-0.1, -0.05) is 42.5 Å². The van der Waals surface area contributed by atoms with Gasteiger partial charge in [-0.05, 0) is 71.8 Å². The summed E-state index contributed by atoms with van der Waals surface area (Å²) in [6.07, 6.45) is -2.51. The third-order valence-corrected chi connectivity index (χ3v) is 6.14. The van der Waals surface area contributed by atoms with E-state index in [0.29, 0.717) is 12.4 Å². The molecule has 0 bridgehead atoms. The number of rotatable bonds is 7. The van der Waals surface area contributed by atoms with Crippen LogP contribution in [0.15, 0.2) is 66.7 Å². The molecule has 4 nitrogen and oxygen atoms in total. The summed E-state index contributed by atoms with van der Waals surface area (Å²) in [6.45, 7) is 4.63. The van der Waals surface area contributed by atoms with Gasteiger partial charge in [-0.3, -0.25) is 4.90 Å². The largest absolute Gasteiger partial charge is 0.482 e. The summed E-state index contributed by atoms with van der Waals surface area (Å²) >= 11 is 0. The average Bonchev–Trinajstić information content (AvgIpc) is 3.05. The molecule has 4 rings (SSSR count). The highest BCUT2D eigenvalue weighted by Crippen LogP contribution is 2.31. The Labute approximate surface area is 203 Å². The van der Waals surface area contributed by atoms with Crippen LogP contribution in [-0.4, -0.2) is 37.2 Å². The van der Waals surface area contributed by atoms with Crippen molar-refractivity contribution in [2.75, 3.05) is 26.3 Å². The molecule has 0 radical (unpaired) electrons. The number of fused-ring (bicyclic) bond motifs is 1. The minimum Gasteiger partial charge on any atom is -0.482 e. The van der Waals surface area contributed by atoms with Crippen LogP contribution in [0.4, 0.5) is 13.2 Å². The molecule has 184 valence electrons. The molecule has 3 aromatic rings. The maximum absolute atomic E-state index is 12.8. The lowest BCUT2D eigenvalue weighted by Gasteiger charge is -2.20. The van der Waals surface area contributed by atoms with Gasteiger partial charge in [0.05, 0.1) is 12.2 Å². The zero-order chi connectivity index (χ0) is 24.8. The lowest BCUT2D eigenvalue weighted by atomic mass is 10.0. The number of hydrogen-bond acceptors (Lipinski definition) is 4. The second kappa shape index (κ2) is 11.0. The van der Waals surface area contributed by atoms with E-state index in [1.54, 1.807) is 6.92 Å². The van der Waals surface area contributed by atoms with E-state index in [4.69, 9.17) is 9.47 Å². The van der Waals surface area contributed by atoms with Gasteiger partial charge in [0, 0.05) is 19.6 Å². The standard InChI is InChI=1S/C28H28F3NO3/c1-2-34-27(33)19-35-26-12-9-23-13-15-32(16-14-24(23)17-26)18-20-3-5-21(6-4-20)22-7-10-25(11-8-22)28(29,30)31/h3-12,17H,2,13-16,18-19H2,1H3. The molecule has 0 amide bonds. The molecule has 0 unspecified atom stereocenters. The van der Waals surface area contributed by atoms with E-state index < -0.39 is 11.7 Å². The van der Waals surface area contributed by atoms with Crippen molar-refractivity contribution in [1.29, 1.82) is 0 Å². The van der Waals surface area contributed by atoms with Crippen LogP contribution in [-0.2, 0) is 35.1 Å². The first-order chi connectivity index (χ1) is 16.8. The van der Waals surface area contributed by atoms with Crippen LogP contribution in [0.2, 0.25) is 0 Å². The van der Waals surface area contributed by atoms with Crippen molar-refractivity contribution in [2.45, 2.75) is 32.5 Å². The summed E-state index contributed by atoms with van der Waals surface area (Å²) in [7, 11) is 0. The molecular formula is C28H28F3NO3. The van der Waals surface area contributed by atoms with Gasteiger partial charge in [0.2, 0.25) is 0 Å². The van der Waals surface area contributed by atoms with Crippen LogP contribution in [0.25, 0.3) is 11.1 Å². The Bertz CT molecular complexity index is 1140. The molecule has 0 N–H and O–H groups in total. The lowest BCUT2D eigenvalue weighted by Crippen LogP contribution is -2.25. The first kappa shape index (κ1) is 24.8. The predicted molar refractivity (Wildman–Crippen MR) is 128 cm³/mol. The molecule has 0 aromatic heterocycles. The third-order valence-electron chi connectivity index (χ3n) is 6.14. The van der Waals surface area contributed by atoms with Gasteiger partial charge in [-0.15, -0.1) is 0 Å². The molecule has 7 heteroatoms. The van der Waals surface area contributed by atoms with Gasteiger partial charge in [0.15, 0.2) is 6.61 Å². The van der Waals surface area contributed by atoms with E-state index in [1.165, 1.54) is 23.3 Å². The second-order valence-corrected chi connectivity index (χ2v) is 8.57. The van der Waals surface area contributed by atoms with Crippen LogP contribution >= 0.6 is 0 Å². The quantitative estimate of drug-likeness (QED) is 0.392. The SMILES string of the molecule is CCOC(=O)COc1ccc2c(c1)CCN(Cc1ccc(-c3ccc(C(F)(F)F)cc3)cc1)CC2. The van der Waals surface area contributed by atoms with E-state index in [-0.39, 0.29) is 12.6 Å². The summed E-state index contributed by atoms with van der Waals surface area (Å²) in [5.41, 5.74) is 4.68. The number of benzene rings is 3. The fourth-order valence-corrected chi connectivity index (χ4v) is 4.25. The molecular weight excluding hydrogens is 455 g/mol. The van der Waals surface area contributed by atoms with Gasteiger partial charge in [-0.2, -0.15) is 13.2 Å². The monoisotopic (exact) mass is 483 g/mol. The maximum atomic E-state index is 12.8.